The smallest absolute Gasteiger partial charge is 0.237 e. The molecule has 1 aliphatic heterocycles. The maximum Gasteiger partial charge on any atom is 0.237 e. The van der Waals surface area contributed by atoms with Crippen LogP contribution >= 0.6 is 12.4 Å². The number of nitrogens with one attached hydrogen (secondary N) is 2. The Labute approximate surface area is 120 Å². The standard InChI is InChI=1S/C14H20N2O2.ClH/c1-18-12-5-2-4-11(10-12)7-9-16-14(17)13-6-3-8-15-13;/h2,4-5,10,13,15H,3,6-9H2,1H3,(H,16,17);1H. The zero-order chi connectivity index (χ0) is 12.8. The van der Waals surface area contributed by atoms with E-state index in [0.29, 0.717) is 6.54 Å². The third kappa shape index (κ3) is 4.73. The Morgan fingerprint density at radius 1 is 1.53 bits per heavy atom. The highest BCUT2D eigenvalue weighted by Crippen LogP contribution is 2.12. The largest absolute Gasteiger partial charge is 0.497 e. The molecular formula is C14H21ClN2O2. The fourth-order valence-corrected chi connectivity index (χ4v) is 2.19. The predicted molar refractivity (Wildman–Crippen MR) is 78.0 cm³/mol. The number of benzene rings is 1. The van der Waals surface area contributed by atoms with Gasteiger partial charge in [-0.1, -0.05) is 12.1 Å². The molecule has 1 unspecified atom stereocenters. The Kier molecular flexibility index (Phi) is 6.67. The van der Waals surface area contributed by atoms with Crippen molar-refractivity contribution >= 4 is 18.3 Å². The number of hydrogen-bond donors (Lipinski definition) is 2. The molecule has 2 rings (SSSR count). The highest BCUT2D eigenvalue weighted by Gasteiger charge is 2.21. The van der Waals surface area contributed by atoms with E-state index >= 15 is 0 Å². The second-order valence-corrected chi connectivity index (χ2v) is 4.54. The van der Waals surface area contributed by atoms with Gasteiger partial charge >= 0.3 is 0 Å². The van der Waals surface area contributed by atoms with Gasteiger partial charge in [-0.15, -0.1) is 12.4 Å². The van der Waals surface area contributed by atoms with Crippen molar-refractivity contribution in [3.05, 3.63) is 29.8 Å². The monoisotopic (exact) mass is 284 g/mol. The first kappa shape index (κ1) is 15.8. The van der Waals surface area contributed by atoms with E-state index in [1.54, 1.807) is 7.11 Å². The topological polar surface area (TPSA) is 50.4 Å². The van der Waals surface area contributed by atoms with Crippen LogP contribution in [0.1, 0.15) is 18.4 Å². The molecule has 1 saturated heterocycles. The molecule has 1 aromatic rings. The summed E-state index contributed by atoms with van der Waals surface area (Å²) in [5.74, 6) is 0.978. The van der Waals surface area contributed by atoms with Crippen molar-refractivity contribution in [2.45, 2.75) is 25.3 Å². The zero-order valence-electron chi connectivity index (χ0n) is 11.1. The molecule has 0 spiro atoms. The fraction of sp³-hybridized carbons (Fsp3) is 0.500. The van der Waals surface area contributed by atoms with Gasteiger partial charge in [0.05, 0.1) is 13.2 Å². The molecular weight excluding hydrogens is 264 g/mol. The molecule has 1 aliphatic rings. The van der Waals surface area contributed by atoms with Gasteiger partial charge in [-0.05, 0) is 43.5 Å². The van der Waals surface area contributed by atoms with Gasteiger partial charge in [-0.2, -0.15) is 0 Å². The highest BCUT2D eigenvalue weighted by molar-refractivity contribution is 5.85. The Bertz CT molecular complexity index is 406. The molecule has 2 N–H and O–H groups in total. The number of carbonyl (C=O) groups excluding carboxylic acids is 1. The van der Waals surface area contributed by atoms with Crippen LogP contribution in [-0.4, -0.2) is 32.1 Å². The van der Waals surface area contributed by atoms with E-state index in [2.05, 4.69) is 10.6 Å². The van der Waals surface area contributed by atoms with Crippen molar-refractivity contribution in [1.29, 1.82) is 0 Å². The van der Waals surface area contributed by atoms with Gasteiger partial charge in [0.15, 0.2) is 0 Å². The lowest BCUT2D eigenvalue weighted by Gasteiger charge is -2.11. The quantitative estimate of drug-likeness (QED) is 0.862. The molecule has 1 aromatic carbocycles. The summed E-state index contributed by atoms with van der Waals surface area (Å²) in [6.07, 6.45) is 2.87. The van der Waals surface area contributed by atoms with Gasteiger partial charge in [0, 0.05) is 6.54 Å². The molecule has 0 saturated carbocycles. The number of rotatable bonds is 5. The van der Waals surface area contributed by atoms with Gasteiger partial charge in [-0.25, -0.2) is 0 Å². The average Bonchev–Trinajstić information content (AvgIpc) is 2.93. The zero-order valence-corrected chi connectivity index (χ0v) is 12.0. The van der Waals surface area contributed by atoms with Crippen LogP contribution in [0.15, 0.2) is 24.3 Å². The van der Waals surface area contributed by atoms with E-state index in [4.69, 9.17) is 4.74 Å². The summed E-state index contributed by atoms with van der Waals surface area (Å²) in [5, 5.41) is 6.16. The van der Waals surface area contributed by atoms with Crippen LogP contribution < -0.4 is 15.4 Å². The minimum absolute atomic E-state index is 0. The van der Waals surface area contributed by atoms with Crippen LogP contribution in [0.4, 0.5) is 0 Å². The Morgan fingerprint density at radius 3 is 3.05 bits per heavy atom. The van der Waals surface area contributed by atoms with E-state index < -0.39 is 0 Å². The summed E-state index contributed by atoms with van der Waals surface area (Å²) in [5.41, 5.74) is 1.18. The first-order chi connectivity index (χ1) is 8.79. The predicted octanol–water partition coefficient (Wildman–Crippen LogP) is 1.53. The maximum atomic E-state index is 11.8. The Balaban J connectivity index is 0.00000180. The molecule has 0 aromatic heterocycles. The van der Waals surface area contributed by atoms with Crippen LogP contribution in [-0.2, 0) is 11.2 Å². The highest BCUT2D eigenvalue weighted by atomic mass is 35.5. The van der Waals surface area contributed by atoms with Gasteiger partial charge in [0.2, 0.25) is 5.91 Å². The fourth-order valence-electron chi connectivity index (χ4n) is 2.19. The second-order valence-electron chi connectivity index (χ2n) is 4.54. The minimum atomic E-state index is 0. The molecule has 5 heteroatoms. The number of halogens is 1. The summed E-state index contributed by atoms with van der Waals surface area (Å²) in [7, 11) is 1.66. The van der Waals surface area contributed by atoms with Gasteiger partial charge in [-0.3, -0.25) is 4.79 Å². The van der Waals surface area contributed by atoms with Crippen molar-refractivity contribution < 1.29 is 9.53 Å². The normalized spacial score (nSPS) is 17.6. The summed E-state index contributed by atoms with van der Waals surface area (Å²) in [6.45, 7) is 1.62. The Morgan fingerprint density at radius 2 is 2.37 bits per heavy atom. The number of amides is 1. The molecule has 4 nitrogen and oxygen atoms in total. The van der Waals surface area contributed by atoms with Crippen molar-refractivity contribution in [3.63, 3.8) is 0 Å². The SMILES string of the molecule is COc1cccc(CCNC(=O)C2CCCN2)c1.Cl. The van der Waals surface area contributed by atoms with E-state index in [1.165, 1.54) is 5.56 Å². The van der Waals surface area contributed by atoms with E-state index in [1.807, 2.05) is 24.3 Å². The summed E-state index contributed by atoms with van der Waals surface area (Å²) >= 11 is 0. The third-order valence-electron chi connectivity index (χ3n) is 3.22. The van der Waals surface area contributed by atoms with Gasteiger partial charge < -0.3 is 15.4 Å². The molecule has 1 heterocycles. The molecule has 1 atom stereocenters. The van der Waals surface area contributed by atoms with Crippen molar-refractivity contribution in [1.82, 2.24) is 10.6 Å². The van der Waals surface area contributed by atoms with Crippen LogP contribution in [0.2, 0.25) is 0 Å². The number of hydrogen-bond acceptors (Lipinski definition) is 3. The van der Waals surface area contributed by atoms with Crippen LogP contribution in [0.5, 0.6) is 5.75 Å². The second kappa shape index (κ2) is 8.02. The molecule has 19 heavy (non-hydrogen) atoms. The third-order valence-corrected chi connectivity index (χ3v) is 3.22. The maximum absolute atomic E-state index is 11.8. The summed E-state index contributed by atoms with van der Waals surface area (Å²) in [6, 6.07) is 7.94. The summed E-state index contributed by atoms with van der Waals surface area (Å²) in [4.78, 5) is 11.8. The average molecular weight is 285 g/mol. The first-order valence-corrected chi connectivity index (χ1v) is 6.43. The van der Waals surface area contributed by atoms with Crippen LogP contribution in [0.25, 0.3) is 0 Å². The molecule has 1 fully saturated rings. The van der Waals surface area contributed by atoms with Crippen molar-refractivity contribution in [2.24, 2.45) is 0 Å². The number of ether oxygens (including phenoxy) is 1. The van der Waals surface area contributed by atoms with Crippen molar-refractivity contribution in [3.8, 4) is 5.75 Å². The Hall–Kier alpha value is -1.26. The first-order valence-electron chi connectivity index (χ1n) is 6.43. The van der Waals surface area contributed by atoms with E-state index in [9.17, 15) is 4.79 Å². The molecule has 1 amide bonds. The van der Waals surface area contributed by atoms with Crippen LogP contribution in [0.3, 0.4) is 0 Å². The van der Waals surface area contributed by atoms with Gasteiger partial charge in [0.1, 0.15) is 5.75 Å². The number of carbonyl (C=O) groups is 1. The molecule has 0 radical (unpaired) electrons. The van der Waals surface area contributed by atoms with E-state index in [0.717, 1.165) is 31.6 Å². The minimum Gasteiger partial charge on any atom is -0.497 e. The van der Waals surface area contributed by atoms with Gasteiger partial charge in [0.25, 0.3) is 0 Å². The summed E-state index contributed by atoms with van der Waals surface area (Å²) < 4.78 is 5.17. The van der Waals surface area contributed by atoms with Crippen LogP contribution in [0, 0.1) is 0 Å². The lowest BCUT2D eigenvalue weighted by molar-refractivity contribution is -0.122. The lowest BCUT2D eigenvalue weighted by Crippen LogP contribution is -2.41. The molecule has 0 aliphatic carbocycles. The molecule has 0 bridgehead atoms. The molecule has 106 valence electrons. The number of methoxy groups -OCH3 is 1. The van der Waals surface area contributed by atoms with E-state index in [-0.39, 0.29) is 24.4 Å². The van der Waals surface area contributed by atoms with Crippen molar-refractivity contribution in [2.75, 3.05) is 20.2 Å². The lowest BCUT2D eigenvalue weighted by atomic mass is 10.1.